The predicted molar refractivity (Wildman–Crippen MR) is 90.3 cm³/mol. The fraction of sp³-hybridized carbons (Fsp3) is 0.167. The lowest BCUT2D eigenvalue weighted by atomic mass is 10.1. The molecule has 2 aromatic rings. The van der Waals surface area contributed by atoms with Gasteiger partial charge in [0.15, 0.2) is 17.3 Å². The van der Waals surface area contributed by atoms with Gasteiger partial charge in [-0.3, -0.25) is 4.79 Å². The summed E-state index contributed by atoms with van der Waals surface area (Å²) >= 11 is 1.50. The van der Waals surface area contributed by atoms with E-state index < -0.39 is 0 Å². The zero-order valence-electron chi connectivity index (χ0n) is 12.7. The van der Waals surface area contributed by atoms with Gasteiger partial charge in [0.1, 0.15) is 6.26 Å². The molecule has 0 unspecified atom stereocenters. The van der Waals surface area contributed by atoms with Crippen LogP contribution in [0, 0.1) is 0 Å². The summed E-state index contributed by atoms with van der Waals surface area (Å²) < 4.78 is 16.2. The number of esters is 1. The number of fused-ring (bicyclic) bond motifs is 1. The second-order valence-corrected chi connectivity index (χ2v) is 5.86. The molecule has 1 heterocycles. The van der Waals surface area contributed by atoms with Gasteiger partial charge in [-0.1, -0.05) is 36.4 Å². The number of hydrogen-bond acceptors (Lipinski definition) is 5. The van der Waals surface area contributed by atoms with Crippen LogP contribution in [0.5, 0.6) is 11.5 Å². The van der Waals surface area contributed by atoms with Gasteiger partial charge < -0.3 is 14.2 Å². The van der Waals surface area contributed by atoms with Gasteiger partial charge in [-0.25, -0.2) is 0 Å². The minimum absolute atomic E-state index is 0.224. The molecule has 0 bridgehead atoms. The minimum atomic E-state index is -0.224. The molecule has 0 N–H and O–H groups in total. The molecule has 0 saturated heterocycles. The first-order valence-electron chi connectivity index (χ1n) is 7.14. The van der Waals surface area contributed by atoms with E-state index in [1.807, 2.05) is 48.5 Å². The number of para-hydroxylation sites is 2. The van der Waals surface area contributed by atoms with E-state index in [2.05, 4.69) is 4.74 Å². The smallest absolute Gasteiger partial charge is 0.315 e. The summed E-state index contributed by atoms with van der Waals surface area (Å²) in [6.07, 6.45) is 1.62. The SMILES string of the molecule is COC(=O)CSCc1ccccc1C1=COc2ccccc2O1. The van der Waals surface area contributed by atoms with Gasteiger partial charge in [-0.2, -0.15) is 0 Å². The highest BCUT2D eigenvalue weighted by Crippen LogP contribution is 2.36. The van der Waals surface area contributed by atoms with Crippen molar-refractivity contribution in [2.75, 3.05) is 12.9 Å². The third kappa shape index (κ3) is 3.68. The number of ether oxygens (including phenoxy) is 3. The monoisotopic (exact) mass is 328 g/mol. The Labute approximate surface area is 139 Å². The summed E-state index contributed by atoms with van der Waals surface area (Å²) in [5.41, 5.74) is 2.04. The summed E-state index contributed by atoms with van der Waals surface area (Å²) in [6, 6.07) is 15.5. The Hall–Kier alpha value is -2.40. The van der Waals surface area contributed by atoms with Gasteiger partial charge in [-0.15, -0.1) is 11.8 Å². The normalized spacial score (nSPS) is 12.5. The first-order chi connectivity index (χ1) is 11.3. The van der Waals surface area contributed by atoms with E-state index in [0.717, 1.165) is 11.1 Å². The first-order valence-corrected chi connectivity index (χ1v) is 8.30. The molecule has 1 aliphatic heterocycles. The molecule has 1 aliphatic rings. The highest BCUT2D eigenvalue weighted by Gasteiger charge is 2.17. The number of thioether (sulfide) groups is 1. The van der Waals surface area contributed by atoms with Crippen LogP contribution < -0.4 is 9.47 Å². The fourth-order valence-corrected chi connectivity index (χ4v) is 3.06. The molecule has 0 fully saturated rings. The summed E-state index contributed by atoms with van der Waals surface area (Å²) in [7, 11) is 1.40. The van der Waals surface area contributed by atoms with Gasteiger partial charge in [0.05, 0.1) is 12.9 Å². The van der Waals surface area contributed by atoms with Gasteiger partial charge in [-0.05, 0) is 17.7 Å². The summed E-state index contributed by atoms with van der Waals surface area (Å²) in [4.78, 5) is 11.2. The van der Waals surface area contributed by atoms with Crippen LogP contribution in [-0.4, -0.2) is 18.8 Å². The van der Waals surface area contributed by atoms with Gasteiger partial charge in [0, 0.05) is 11.3 Å². The molecule has 0 saturated carbocycles. The predicted octanol–water partition coefficient (Wildman–Crippen LogP) is 3.86. The van der Waals surface area contributed by atoms with E-state index in [1.165, 1.54) is 18.9 Å². The highest BCUT2D eigenvalue weighted by molar-refractivity contribution is 7.99. The van der Waals surface area contributed by atoms with Gasteiger partial charge in [0.25, 0.3) is 0 Å². The molecule has 23 heavy (non-hydrogen) atoms. The van der Waals surface area contributed by atoms with Crippen molar-refractivity contribution >= 4 is 23.5 Å². The lowest BCUT2D eigenvalue weighted by Crippen LogP contribution is -2.07. The molecule has 0 aliphatic carbocycles. The fourth-order valence-electron chi connectivity index (χ4n) is 2.20. The molecule has 5 heteroatoms. The second kappa shape index (κ2) is 7.24. The maximum atomic E-state index is 11.2. The van der Waals surface area contributed by atoms with Crippen LogP contribution in [-0.2, 0) is 15.3 Å². The molecule has 0 spiro atoms. The van der Waals surface area contributed by atoms with Crippen molar-refractivity contribution in [1.29, 1.82) is 0 Å². The molecule has 3 rings (SSSR count). The van der Waals surface area contributed by atoms with E-state index in [1.54, 1.807) is 6.26 Å². The van der Waals surface area contributed by atoms with Crippen molar-refractivity contribution in [2.45, 2.75) is 5.75 Å². The number of hydrogen-bond donors (Lipinski definition) is 0. The number of carbonyl (C=O) groups excluding carboxylic acids is 1. The molecule has 0 atom stereocenters. The zero-order valence-corrected chi connectivity index (χ0v) is 13.5. The maximum Gasteiger partial charge on any atom is 0.315 e. The van der Waals surface area contributed by atoms with Gasteiger partial charge in [0.2, 0.25) is 0 Å². The van der Waals surface area contributed by atoms with E-state index in [-0.39, 0.29) is 5.97 Å². The quantitative estimate of drug-likeness (QED) is 0.780. The van der Waals surface area contributed by atoms with Crippen molar-refractivity contribution < 1.29 is 19.0 Å². The van der Waals surface area contributed by atoms with E-state index in [9.17, 15) is 4.79 Å². The molecule has 2 aromatic carbocycles. The van der Waals surface area contributed by atoms with Crippen LogP contribution in [0.1, 0.15) is 11.1 Å². The Balaban J connectivity index is 1.76. The molecule has 0 amide bonds. The number of benzene rings is 2. The molecule has 0 aromatic heterocycles. The van der Waals surface area contributed by atoms with E-state index in [4.69, 9.17) is 9.47 Å². The topological polar surface area (TPSA) is 44.8 Å². The molecule has 0 radical (unpaired) electrons. The average Bonchev–Trinajstić information content (AvgIpc) is 2.61. The lowest BCUT2D eigenvalue weighted by molar-refractivity contribution is -0.137. The van der Waals surface area contributed by atoms with Crippen LogP contribution in [0.15, 0.2) is 54.8 Å². The highest BCUT2D eigenvalue weighted by atomic mass is 32.2. The number of carbonyl (C=O) groups is 1. The lowest BCUT2D eigenvalue weighted by Gasteiger charge is -2.19. The standard InChI is InChI=1S/C18H16O4S/c1-20-18(19)12-23-11-13-6-2-3-7-14(13)17-10-21-15-8-4-5-9-16(15)22-17/h2-10H,11-12H2,1H3. The summed E-state index contributed by atoms with van der Waals surface area (Å²) in [5, 5.41) is 0. The third-order valence-electron chi connectivity index (χ3n) is 3.35. The average molecular weight is 328 g/mol. The van der Waals surface area contributed by atoms with Crippen LogP contribution in [0.4, 0.5) is 0 Å². The van der Waals surface area contributed by atoms with Crippen molar-refractivity contribution in [3.05, 3.63) is 65.9 Å². The Morgan fingerprint density at radius 1 is 1.09 bits per heavy atom. The van der Waals surface area contributed by atoms with Crippen molar-refractivity contribution in [3.8, 4) is 11.5 Å². The van der Waals surface area contributed by atoms with E-state index in [0.29, 0.717) is 28.8 Å². The molecule has 4 nitrogen and oxygen atoms in total. The number of methoxy groups -OCH3 is 1. The summed E-state index contributed by atoms with van der Waals surface area (Å²) in [5.74, 6) is 2.85. The van der Waals surface area contributed by atoms with Crippen LogP contribution in [0.2, 0.25) is 0 Å². The van der Waals surface area contributed by atoms with Crippen LogP contribution >= 0.6 is 11.8 Å². The van der Waals surface area contributed by atoms with Crippen LogP contribution in [0.3, 0.4) is 0 Å². The molecular formula is C18H16O4S. The Morgan fingerprint density at radius 2 is 1.83 bits per heavy atom. The maximum absolute atomic E-state index is 11.2. The van der Waals surface area contributed by atoms with Crippen molar-refractivity contribution in [1.82, 2.24) is 0 Å². The van der Waals surface area contributed by atoms with Crippen LogP contribution in [0.25, 0.3) is 5.76 Å². The van der Waals surface area contributed by atoms with Crippen molar-refractivity contribution in [2.24, 2.45) is 0 Å². The largest absolute Gasteiger partial charge is 0.468 e. The van der Waals surface area contributed by atoms with E-state index >= 15 is 0 Å². The Bertz CT molecular complexity index is 739. The Morgan fingerprint density at radius 3 is 2.65 bits per heavy atom. The molecule has 118 valence electrons. The first kappa shape index (κ1) is 15.5. The van der Waals surface area contributed by atoms with Crippen molar-refractivity contribution in [3.63, 3.8) is 0 Å². The Kier molecular flexibility index (Phi) is 4.88. The zero-order chi connectivity index (χ0) is 16.1. The third-order valence-corrected chi connectivity index (χ3v) is 4.30. The second-order valence-electron chi connectivity index (χ2n) is 4.87. The molecular weight excluding hydrogens is 312 g/mol. The minimum Gasteiger partial charge on any atom is -0.468 e. The number of rotatable bonds is 5. The van der Waals surface area contributed by atoms with Gasteiger partial charge >= 0.3 is 5.97 Å². The summed E-state index contributed by atoms with van der Waals surface area (Å²) in [6.45, 7) is 0.